The van der Waals surface area contributed by atoms with E-state index in [0.29, 0.717) is 23.8 Å². The van der Waals surface area contributed by atoms with Crippen LogP contribution in [-0.2, 0) is 12.8 Å². The van der Waals surface area contributed by atoms with Crippen LogP contribution < -0.4 is 4.74 Å². The Kier molecular flexibility index (Phi) is 6.22. The lowest BCUT2D eigenvalue weighted by Gasteiger charge is -2.36. The van der Waals surface area contributed by atoms with Crippen LogP contribution in [0.4, 0.5) is 8.78 Å². The van der Waals surface area contributed by atoms with Crippen molar-refractivity contribution in [2.45, 2.75) is 77.7 Å². The van der Waals surface area contributed by atoms with Crippen LogP contribution in [0.3, 0.4) is 0 Å². The predicted octanol–water partition coefficient (Wildman–Crippen LogP) is 6.08. The third-order valence-corrected chi connectivity index (χ3v) is 6.41. The van der Waals surface area contributed by atoms with Crippen LogP contribution in [0.2, 0.25) is 0 Å². The van der Waals surface area contributed by atoms with Crippen LogP contribution in [0.5, 0.6) is 5.75 Å². The second kappa shape index (κ2) is 8.42. The molecule has 0 radical (unpaired) electrons. The minimum absolute atomic E-state index is 0.0507. The molecule has 2 atom stereocenters. The normalized spacial score (nSPS) is 26.7. The van der Waals surface area contributed by atoms with Crippen molar-refractivity contribution in [3.63, 3.8) is 0 Å². The van der Waals surface area contributed by atoms with Crippen molar-refractivity contribution >= 4 is 0 Å². The van der Waals surface area contributed by atoms with Crippen molar-refractivity contribution in [2.24, 2.45) is 17.8 Å². The first-order valence-electron chi connectivity index (χ1n) is 10.2. The van der Waals surface area contributed by atoms with Gasteiger partial charge >= 0.3 is 0 Å². The van der Waals surface area contributed by atoms with E-state index in [1.54, 1.807) is 13.0 Å². The maximum absolute atomic E-state index is 14.7. The molecule has 0 saturated heterocycles. The molecule has 0 aromatic heterocycles. The maximum atomic E-state index is 14.7. The number of hydrogen-bond acceptors (Lipinski definition) is 1. The van der Waals surface area contributed by atoms with Crippen LogP contribution >= 0.6 is 0 Å². The first-order chi connectivity index (χ1) is 12.5. The van der Waals surface area contributed by atoms with Gasteiger partial charge in [-0.25, -0.2) is 4.39 Å². The Morgan fingerprint density at radius 2 is 1.88 bits per heavy atom. The number of terminal acetylenes is 1. The number of aryl methyl sites for hydroxylation is 1. The summed E-state index contributed by atoms with van der Waals surface area (Å²) < 4.78 is 34.5. The Morgan fingerprint density at radius 3 is 2.54 bits per heavy atom. The van der Waals surface area contributed by atoms with Gasteiger partial charge in [-0.2, -0.15) is 4.39 Å². The third-order valence-electron chi connectivity index (χ3n) is 6.41. The smallest absolute Gasteiger partial charge is 0.200 e. The van der Waals surface area contributed by atoms with E-state index >= 15 is 0 Å². The Labute approximate surface area is 156 Å². The molecule has 1 nitrogen and oxygen atoms in total. The third kappa shape index (κ3) is 4.05. The van der Waals surface area contributed by atoms with Crippen molar-refractivity contribution in [2.75, 3.05) is 0 Å². The number of hydrogen-bond donors (Lipinski definition) is 0. The maximum Gasteiger partial charge on any atom is 0.200 e. The van der Waals surface area contributed by atoms with Gasteiger partial charge in [0.2, 0.25) is 5.82 Å². The summed E-state index contributed by atoms with van der Waals surface area (Å²) in [6.45, 7) is 3.91. The first-order valence-corrected chi connectivity index (χ1v) is 10.2. The van der Waals surface area contributed by atoms with Crippen molar-refractivity contribution in [1.29, 1.82) is 0 Å². The standard InChI is InChI=1S/C23H30F2O/c1-4-6-16-7-9-17(10-8-16)18-11-12-19-14-21(26-15(3)5-2)23(25)22(24)20(19)13-18/h2,14-18H,4,6-13H2,1,3H3. The van der Waals surface area contributed by atoms with Crippen LogP contribution in [0.15, 0.2) is 6.07 Å². The Morgan fingerprint density at radius 1 is 1.15 bits per heavy atom. The van der Waals surface area contributed by atoms with Gasteiger partial charge in [-0.3, -0.25) is 0 Å². The summed E-state index contributed by atoms with van der Waals surface area (Å²) in [5, 5.41) is 0. The quantitative estimate of drug-likeness (QED) is 0.579. The van der Waals surface area contributed by atoms with E-state index in [1.807, 2.05) is 0 Å². The molecule has 1 aromatic carbocycles. The summed E-state index contributed by atoms with van der Waals surface area (Å²) in [6.07, 6.45) is 14.9. The summed E-state index contributed by atoms with van der Waals surface area (Å²) >= 11 is 0. The molecular weight excluding hydrogens is 330 g/mol. The van der Waals surface area contributed by atoms with Gasteiger partial charge in [-0.15, -0.1) is 6.42 Å². The summed E-state index contributed by atoms with van der Waals surface area (Å²) in [5.74, 6) is 2.74. The van der Waals surface area contributed by atoms with E-state index in [9.17, 15) is 8.78 Å². The van der Waals surface area contributed by atoms with Crippen molar-refractivity contribution in [1.82, 2.24) is 0 Å². The number of halogens is 2. The van der Waals surface area contributed by atoms with Crippen molar-refractivity contribution < 1.29 is 13.5 Å². The molecule has 3 heteroatoms. The average Bonchev–Trinajstić information content (AvgIpc) is 2.66. The Hall–Kier alpha value is -1.56. The highest BCUT2D eigenvalue weighted by molar-refractivity contribution is 5.40. The Bertz CT molecular complexity index is 668. The van der Waals surface area contributed by atoms with Crippen LogP contribution in [0.25, 0.3) is 0 Å². The fourth-order valence-corrected chi connectivity index (χ4v) is 4.91. The molecule has 0 spiro atoms. The molecule has 0 heterocycles. The average molecular weight is 360 g/mol. The molecule has 1 aromatic rings. The highest BCUT2D eigenvalue weighted by atomic mass is 19.2. The monoisotopic (exact) mass is 360 g/mol. The molecule has 0 amide bonds. The van der Waals surface area contributed by atoms with Crippen LogP contribution in [-0.4, -0.2) is 6.10 Å². The lowest BCUT2D eigenvalue weighted by atomic mass is 9.69. The van der Waals surface area contributed by atoms with Gasteiger partial charge in [0.05, 0.1) is 0 Å². The minimum atomic E-state index is -0.891. The van der Waals surface area contributed by atoms with Crippen LogP contribution in [0, 0.1) is 41.7 Å². The molecule has 2 unspecified atom stereocenters. The number of rotatable bonds is 5. The second-order valence-electron chi connectivity index (χ2n) is 8.14. The summed E-state index contributed by atoms with van der Waals surface area (Å²) in [6, 6.07) is 1.66. The molecule has 3 rings (SSSR count). The van der Waals surface area contributed by atoms with Gasteiger partial charge in [0, 0.05) is 0 Å². The highest BCUT2D eigenvalue weighted by Crippen LogP contribution is 2.42. The fourth-order valence-electron chi connectivity index (χ4n) is 4.91. The lowest BCUT2D eigenvalue weighted by molar-refractivity contribution is 0.182. The number of fused-ring (bicyclic) bond motifs is 1. The minimum Gasteiger partial charge on any atom is -0.475 e. The number of ether oxygens (including phenoxy) is 1. The van der Waals surface area contributed by atoms with E-state index in [0.717, 1.165) is 24.3 Å². The molecule has 0 aliphatic heterocycles. The van der Waals surface area contributed by atoms with Crippen LogP contribution in [0.1, 0.15) is 69.9 Å². The number of benzene rings is 1. The highest BCUT2D eigenvalue weighted by Gasteiger charge is 2.32. The van der Waals surface area contributed by atoms with Gasteiger partial charge in [-0.05, 0) is 74.0 Å². The fraction of sp³-hybridized carbons (Fsp3) is 0.652. The van der Waals surface area contributed by atoms with E-state index in [4.69, 9.17) is 11.2 Å². The SMILES string of the molecule is C#CC(C)Oc1cc2c(c(F)c1F)CC(C1CCC(CCC)CC1)CC2. The Balaban J connectivity index is 1.71. The predicted molar refractivity (Wildman–Crippen MR) is 101 cm³/mol. The topological polar surface area (TPSA) is 9.23 Å². The van der Waals surface area contributed by atoms with E-state index in [-0.39, 0.29) is 5.75 Å². The molecule has 0 N–H and O–H groups in total. The van der Waals surface area contributed by atoms with Gasteiger partial charge in [0.1, 0.15) is 0 Å². The lowest BCUT2D eigenvalue weighted by Crippen LogP contribution is -2.27. The molecule has 142 valence electrons. The molecule has 1 saturated carbocycles. The van der Waals surface area contributed by atoms with E-state index in [2.05, 4.69) is 12.8 Å². The molecule has 2 aliphatic rings. The molecule has 0 bridgehead atoms. The molecule has 2 aliphatic carbocycles. The molecule has 1 fully saturated rings. The summed E-state index contributed by atoms with van der Waals surface area (Å²) in [5.41, 5.74) is 1.45. The zero-order chi connectivity index (χ0) is 18.7. The van der Waals surface area contributed by atoms with E-state index < -0.39 is 17.7 Å². The first kappa shape index (κ1) is 19.2. The largest absolute Gasteiger partial charge is 0.475 e. The second-order valence-corrected chi connectivity index (χ2v) is 8.14. The van der Waals surface area contributed by atoms with Crippen molar-refractivity contribution in [3.05, 3.63) is 28.8 Å². The van der Waals surface area contributed by atoms with Crippen molar-refractivity contribution in [3.8, 4) is 18.1 Å². The zero-order valence-electron chi connectivity index (χ0n) is 16.0. The van der Waals surface area contributed by atoms with Gasteiger partial charge in [0.15, 0.2) is 17.7 Å². The van der Waals surface area contributed by atoms with Gasteiger partial charge in [0.25, 0.3) is 0 Å². The summed E-state index contributed by atoms with van der Waals surface area (Å²) in [7, 11) is 0. The van der Waals surface area contributed by atoms with Gasteiger partial charge < -0.3 is 4.74 Å². The molecular formula is C23H30F2O. The van der Waals surface area contributed by atoms with E-state index in [1.165, 1.54) is 38.5 Å². The zero-order valence-corrected chi connectivity index (χ0v) is 16.0. The summed E-state index contributed by atoms with van der Waals surface area (Å²) in [4.78, 5) is 0. The van der Waals surface area contributed by atoms with Gasteiger partial charge in [-0.1, -0.05) is 38.5 Å². The molecule has 26 heavy (non-hydrogen) atoms.